The number of morpholine rings is 1. The van der Waals surface area contributed by atoms with Crippen LogP contribution in [0.2, 0.25) is 0 Å². The predicted molar refractivity (Wildman–Crippen MR) is 245 cm³/mol. The second-order valence-electron chi connectivity index (χ2n) is 18.6. The van der Waals surface area contributed by atoms with Gasteiger partial charge in [-0.3, -0.25) is 33.0 Å². The average Bonchev–Trinajstić information content (AvgIpc) is 3.94. The summed E-state index contributed by atoms with van der Waals surface area (Å²) in [5.74, 6) is 0.0131. The fourth-order valence-electron chi connectivity index (χ4n) is 11.0. The maximum absolute atomic E-state index is 15.6. The van der Waals surface area contributed by atoms with Gasteiger partial charge in [0.15, 0.2) is 5.82 Å². The lowest BCUT2D eigenvalue weighted by Gasteiger charge is -2.30. The lowest BCUT2D eigenvalue weighted by atomic mass is 9.91. The fraction of sp³-hybridized carbons (Fsp3) is 0.388. The molecule has 3 aliphatic heterocycles. The summed E-state index contributed by atoms with van der Waals surface area (Å²) >= 11 is 0. The molecule has 1 saturated carbocycles. The number of carbonyl (C=O) groups is 1. The van der Waals surface area contributed by atoms with Gasteiger partial charge < -0.3 is 18.9 Å². The van der Waals surface area contributed by atoms with E-state index >= 15 is 9.18 Å². The highest BCUT2D eigenvalue weighted by molar-refractivity contribution is 5.99. The van der Waals surface area contributed by atoms with Crippen LogP contribution in [0.3, 0.4) is 0 Å². The molecule has 8 heterocycles. The Morgan fingerprint density at radius 3 is 2.42 bits per heavy atom. The molecule has 8 aromatic rings. The number of nitrogens with one attached hydrogen (secondary N) is 1. The van der Waals surface area contributed by atoms with Crippen LogP contribution in [0.1, 0.15) is 69.4 Å². The molecule has 3 aromatic carbocycles. The number of fused-ring (bicyclic) bond motifs is 3. The van der Waals surface area contributed by atoms with Crippen molar-refractivity contribution in [1.29, 1.82) is 0 Å². The number of halogens is 1. The number of benzene rings is 3. The fourth-order valence-corrected chi connectivity index (χ4v) is 11.0. The lowest BCUT2D eigenvalue weighted by molar-refractivity contribution is 0.0344. The largest absolute Gasteiger partial charge is 0.438 e. The molecule has 344 valence electrons. The van der Waals surface area contributed by atoms with Crippen molar-refractivity contribution in [2.24, 2.45) is 13.0 Å². The number of rotatable bonds is 9. The van der Waals surface area contributed by atoms with Crippen LogP contribution in [0.5, 0.6) is 0 Å². The number of hydrogen-bond donors (Lipinski definition) is 1. The van der Waals surface area contributed by atoms with E-state index in [9.17, 15) is 9.59 Å². The van der Waals surface area contributed by atoms with E-state index in [0.29, 0.717) is 104 Å². The number of hydrogen-bond acceptors (Lipinski definition) is 10. The Balaban J connectivity index is 0.981. The Hall–Kier alpha value is -6.89. The summed E-state index contributed by atoms with van der Waals surface area (Å²) in [5.41, 5.74) is 5.84. The van der Waals surface area contributed by atoms with Crippen LogP contribution in [0.15, 0.2) is 87.3 Å². The minimum atomic E-state index is -0.873. The second-order valence-corrected chi connectivity index (χ2v) is 18.6. The molecule has 2 saturated heterocycles. The third-order valence-corrected chi connectivity index (χ3v) is 14.6. The van der Waals surface area contributed by atoms with Gasteiger partial charge in [0.2, 0.25) is 0 Å². The quantitative estimate of drug-likeness (QED) is 0.201. The molecule has 3 fully saturated rings. The molecule has 0 unspecified atom stereocenters. The summed E-state index contributed by atoms with van der Waals surface area (Å²) in [6, 6.07) is 17.6. The van der Waals surface area contributed by atoms with Crippen LogP contribution in [0.4, 0.5) is 4.39 Å². The molecule has 17 nitrogen and oxygen atoms in total. The van der Waals surface area contributed by atoms with Crippen molar-refractivity contribution in [1.82, 2.24) is 53.2 Å². The number of amides is 1. The normalized spacial score (nSPS) is 20.3. The van der Waals surface area contributed by atoms with E-state index < -0.39 is 11.3 Å². The van der Waals surface area contributed by atoms with Crippen LogP contribution in [0, 0.1) is 25.6 Å². The first kappa shape index (κ1) is 41.5. The summed E-state index contributed by atoms with van der Waals surface area (Å²) in [7, 11) is 1.87. The smallest absolute Gasteiger partial charge is 0.381 e. The average molecular weight is 908 g/mol. The first-order chi connectivity index (χ1) is 32.5. The third-order valence-electron chi connectivity index (χ3n) is 14.6. The van der Waals surface area contributed by atoms with Crippen molar-refractivity contribution in [3.05, 3.63) is 140 Å². The van der Waals surface area contributed by atoms with E-state index in [1.165, 1.54) is 5.56 Å². The van der Waals surface area contributed by atoms with Gasteiger partial charge in [0.1, 0.15) is 22.9 Å². The topological polar surface area (TPSA) is 168 Å². The van der Waals surface area contributed by atoms with E-state index in [2.05, 4.69) is 42.9 Å². The van der Waals surface area contributed by atoms with Gasteiger partial charge in [-0.1, -0.05) is 11.2 Å². The number of aromatic nitrogens is 9. The summed E-state index contributed by atoms with van der Waals surface area (Å²) in [4.78, 5) is 50.1. The Bertz CT molecular complexity index is 3350. The van der Waals surface area contributed by atoms with Crippen molar-refractivity contribution in [3.63, 3.8) is 0 Å². The Morgan fingerprint density at radius 1 is 0.881 bits per heavy atom. The predicted octanol–water partition coefficient (Wildman–Crippen LogP) is 5.28. The third kappa shape index (κ3) is 6.82. The molecule has 2 atom stereocenters. The SMILES string of the molecule is Cc1cc(-n2nc3c(c2-n2ccn(-c4ccc5c(cnn5C)c4)c2=O)CN(C(=O)c2cc4cc(C5CCOCC5)ccc4n2[C@@]2(c4noc(=O)[nH]4)C[C@@H]2CN2CCOCC2)CC3)cc(C)c1F. The summed E-state index contributed by atoms with van der Waals surface area (Å²) in [6.45, 7) is 8.88. The van der Waals surface area contributed by atoms with Crippen molar-refractivity contribution >= 4 is 27.7 Å². The van der Waals surface area contributed by atoms with Gasteiger partial charge in [-0.15, -0.1) is 0 Å². The van der Waals surface area contributed by atoms with Gasteiger partial charge in [0.25, 0.3) is 5.91 Å². The lowest BCUT2D eigenvalue weighted by Crippen LogP contribution is -2.41. The summed E-state index contributed by atoms with van der Waals surface area (Å²) in [6.07, 6.45) is 8.07. The van der Waals surface area contributed by atoms with Crippen LogP contribution >= 0.6 is 0 Å². The second kappa shape index (κ2) is 15.9. The standard InChI is InChI=1S/C49H50FN11O6/c1-29-20-37(21-30(2)43(29)50)61-44(59-13-12-58(48(59)64)36-5-7-40-34(23-36)26-51-55(40)3)38-28-57(11-8-39(38)53-61)45(62)42-24-33-22-32(31-9-16-65-17-10-31)4-6-41(33)60(42)49(46-52-47(63)67-54-46)25-35(49)27-56-14-18-66-19-15-56/h4-7,12-13,20-24,26,31,35H,8-11,14-19,25,27-28H2,1-3H3,(H,52,54,63)/t35-,49+/m1/s1. The highest BCUT2D eigenvalue weighted by Gasteiger charge is 2.62. The minimum Gasteiger partial charge on any atom is -0.381 e. The van der Waals surface area contributed by atoms with Crippen LogP contribution in [-0.2, 0) is 35.0 Å². The van der Waals surface area contributed by atoms with Crippen LogP contribution in [-0.4, -0.2) is 112 Å². The first-order valence-corrected chi connectivity index (χ1v) is 23.1. The van der Waals surface area contributed by atoms with Gasteiger partial charge >= 0.3 is 11.4 Å². The number of aryl methyl sites for hydroxylation is 3. The summed E-state index contributed by atoms with van der Waals surface area (Å²) in [5, 5.41) is 15.6. The zero-order chi connectivity index (χ0) is 45.7. The van der Waals surface area contributed by atoms with Gasteiger partial charge in [-0.2, -0.15) is 10.2 Å². The molecule has 67 heavy (non-hydrogen) atoms. The molecule has 18 heteroatoms. The van der Waals surface area contributed by atoms with Crippen molar-refractivity contribution in [2.45, 2.75) is 57.5 Å². The molecule has 1 aliphatic carbocycles. The molecule has 12 rings (SSSR count). The van der Waals surface area contributed by atoms with Gasteiger partial charge in [0.05, 0.1) is 48.5 Å². The van der Waals surface area contributed by atoms with Crippen LogP contribution in [0.25, 0.3) is 39.0 Å². The molecule has 0 spiro atoms. The number of nitrogens with zero attached hydrogens (tertiary/aromatic N) is 10. The Labute approximate surface area is 382 Å². The highest BCUT2D eigenvalue weighted by Crippen LogP contribution is 2.56. The van der Waals surface area contributed by atoms with E-state index in [1.54, 1.807) is 63.1 Å². The van der Waals surface area contributed by atoms with Gasteiger partial charge in [-0.05, 0) is 104 Å². The van der Waals surface area contributed by atoms with Crippen molar-refractivity contribution < 1.29 is 23.2 Å². The van der Waals surface area contributed by atoms with E-state index in [4.69, 9.17) is 19.1 Å². The molecular weight excluding hydrogens is 858 g/mol. The zero-order valence-electron chi connectivity index (χ0n) is 37.6. The highest BCUT2D eigenvalue weighted by atomic mass is 19.1. The minimum absolute atomic E-state index is 0.00105. The zero-order valence-corrected chi connectivity index (χ0v) is 37.6. The van der Waals surface area contributed by atoms with E-state index in [0.717, 1.165) is 53.4 Å². The monoisotopic (exact) mass is 907 g/mol. The maximum Gasteiger partial charge on any atom is 0.438 e. The Kier molecular flexibility index (Phi) is 9.84. The molecule has 1 amide bonds. The molecule has 1 N–H and O–H groups in total. The van der Waals surface area contributed by atoms with Gasteiger partial charge in [0, 0.05) is 93.0 Å². The number of H-pyrrole nitrogens is 1. The number of carbonyl (C=O) groups excluding carboxylic acids is 1. The number of imidazole rings is 1. The summed E-state index contributed by atoms with van der Waals surface area (Å²) < 4.78 is 40.4. The number of ether oxygens (including phenoxy) is 2. The van der Waals surface area contributed by atoms with Crippen LogP contribution < -0.4 is 11.4 Å². The number of aromatic amines is 1. The first-order valence-electron chi connectivity index (χ1n) is 23.1. The molecule has 0 bridgehead atoms. The molecular formula is C49H50FN11O6. The van der Waals surface area contributed by atoms with Gasteiger partial charge in [-0.25, -0.2) is 18.7 Å². The molecule has 5 aromatic heterocycles. The maximum atomic E-state index is 15.6. The Morgan fingerprint density at radius 2 is 1.64 bits per heavy atom. The van der Waals surface area contributed by atoms with E-state index in [-0.39, 0.29) is 29.9 Å². The molecule has 4 aliphatic rings. The van der Waals surface area contributed by atoms with E-state index in [1.807, 2.05) is 36.2 Å². The molecule has 0 radical (unpaired) electrons. The van der Waals surface area contributed by atoms with Crippen molar-refractivity contribution in [3.8, 4) is 17.2 Å². The van der Waals surface area contributed by atoms with Crippen molar-refractivity contribution in [2.75, 3.05) is 52.6 Å².